The molecule has 100 valence electrons. The number of hydrogen-bond acceptors (Lipinski definition) is 4. The van der Waals surface area contributed by atoms with E-state index in [1.807, 2.05) is 30.3 Å². The van der Waals surface area contributed by atoms with Crippen LogP contribution in [0.3, 0.4) is 0 Å². The van der Waals surface area contributed by atoms with Crippen molar-refractivity contribution in [2.75, 3.05) is 6.54 Å². The molecule has 0 bridgehead atoms. The molecule has 3 N–H and O–H groups in total. The monoisotopic (exact) mass is 261 g/mol. The van der Waals surface area contributed by atoms with Gasteiger partial charge in [0.25, 0.3) is 5.91 Å². The van der Waals surface area contributed by atoms with Crippen LogP contribution in [-0.4, -0.2) is 34.4 Å². The number of hydrogen-bond donors (Lipinski definition) is 2. The molecule has 1 unspecified atom stereocenters. The maximum absolute atomic E-state index is 11.6. The van der Waals surface area contributed by atoms with Crippen molar-refractivity contribution in [2.45, 2.75) is 12.8 Å². The predicted octanol–water partition coefficient (Wildman–Crippen LogP) is 0.434. The molecule has 0 radical (unpaired) electrons. The number of aliphatic carboxylic acids is 1. The zero-order valence-corrected chi connectivity index (χ0v) is 10.3. The predicted molar refractivity (Wildman–Crippen MR) is 69.2 cm³/mol. The van der Waals surface area contributed by atoms with Crippen LogP contribution >= 0.6 is 0 Å². The second-order valence-corrected chi connectivity index (χ2v) is 4.40. The molecule has 6 nitrogen and oxygen atoms in total. The van der Waals surface area contributed by atoms with Crippen LogP contribution in [0.2, 0.25) is 0 Å². The molecule has 6 heteroatoms. The van der Waals surface area contributed by atoms with Crippen LogP contribution in [0.5, 0.6) is 0 Å². The fraction of sp³-hybridized carbons (Fsp3) is 0.308. The number of nitrogens with zero attached hydrogens (tertiary/aromatic N) is 2. The molecule has 0 saturated carbocycles. The van der Waals surface area contributed by atoms with Crippen LogP contribution in [0.15, 0.2) is 35.3 Å². The molecule has 1 atom stereocenters. The highest BCUT2D eigenvalue weighted by Gasteiger charge is 2.33. The molecule has 0 aromatic heterocycles. The Bertz CT molecular complexity index is 513. The molecule has 0 aliphatic carbocycles. The van der Waals surface area contributed by atoms with Gasteiger partial charge in [-0.3, -0.25) is 14.6 Å². The third kappa shape index (κ3) is 3.17. The van der Waals surface area contributed by atoms with E-state index in [1.165, 1.54) is 5.01 Å². The van der Waals surface area contributed by atoms with Gasteiger partial charge in [-0.25, -0.2) is 5.84 Å². The molecule has 1 amide bonds. The third-order valence-electron chi connectivity index (χ3n) is 3.03. The number of carboxylic acids is 1. The highest BCUT2D eigenvalue weighted by atomic mass is 16.4. The summed E-state index contributed by atoms with van der Waals surface area (Å²) in [6, 6.07) is 9.75. The lowest BCUT2D eigenvalue weighted by Crippen LogP contribution is -2.49. The number of aliphatic imine (C=N–C) groups is 1. The van der Waals surface area contributed by atoms with E-state index < -0.39 is 17.8 Å². The van der Waals surface area contributed by atoms with Gasteiger partial charge in [-0.1, -0.05) is 30.3 Å². The van der Waals surface area contributed by atoms with Crippen LogP contribution in [0.25, 0.3) is 0 Å². The number of aryl methyl sites for hydroxylation is 1. The summed E-state index contributed by atoms with van der Waals surface area (Å²) in [5.74, 6) is 3.18. The number of carbonyl (C=O) groups excluding carboxylic acids is 1. The number of carboxylic acid groups (broad SMARTS) is 1. The summed E-state index contributed by atoms with van der Waals surface area (Å²) in [6.45, 7) is -0.0260. The SMILES string of the molecule is NN1CC(C(=O)O)C(=O)N=C1CCc1ccccc1. The minimum atomic E-state index is -1.19. The highest BCUT2D eigenvalue weighted by Crippen LogP contribution is 2.12. The first kappa shape index (κ1) is 13.2. The smallest absolute Gasteiger partial charge is 0.318 e. The first-order chi connectivity index (χ1) is 9.08. The second-order valence-electron chi connectivity index (χ2n) is 4.40. The van der Waals surface area contributed by atoms with Gasteiger partial charge in [0.15, 0.2) is 5.92 Å². The molecule has 1 aromatic carbocycles. The van der Waals surface area contributed by atoms with Crippen molar-refractivity contribution in [1.29, 1.82) is 0 Å². The average Bonchev–Trinajstić information content (AvgIpc) is 2.40. The summed E-state index contributed by atoms with van der Waals surface area (Å²) < 4.78 is 0. The number of amides is 1. The van der Waals surface area contributed by atoms with Gasteiger partial charge >= 0.3 is 5.97 Å². The molecule has 1 heterocycles. The zero-order chi connectivity index (χ0) is 13.8. The summed E-state index contributed by atoms with van der Waals surface area (Å²) in [4.78, 5) is 26.2. The summed E-state index contributed by atoms with van der Waals surface area (Å²) in [7, 11) is 0. The standard InChI is InChI=1S/C13H15N3O3/c14-16-8-10(13(18)19)12(17)15-11(16)7-6-9-4-2-1-3-5-9/h1-5,10H,6-8,14H2,(H,18,19). The van der Waals surface area contributed by atoms with Gasteiger partial charge in [0.1, 0.15) is 5.84 Å². The van der Waals surface area contributed by atoms with Crippen LogP contribution in [0.4, 0.5) is 0 Å². The molecule has 1 aromatic rings. The van der Waals surface area contributed by atoms with E-state index in [0.29, 0.717) is 18.7 Å². The van der Waals surface area contributed by atoms with Crippen LogP contribution in [0, 0.1) is 5.92 Å². The van der Waals surface area contributed by atoms with Gasteiger partial charge in [0.05, 0.1) is 6.54 Å². The number of hydrazine groups is 1. The van der Waals surface area contributed by atoms with Crippen LogP contribution in [-0.2, 0) is 16.0 Å². The van der Waals surface area contributed by atoms with Crippen molar-refractivity contribution in [3.63, 3.8) is 0 Å². The van der Waals surface area contributed by atoms with E-state index in [2.05, 4.69) is 4.99 Å². The van der Waals surface area contributed by atoms with Gasteiger partial charge < -0.3 is 5.11 Å². The van der Waals surface area contributed by atoms with Crippen LogP contribution in [0.1, 0.15) is 12.0 Å². The van der Waals surface area contributed by atoms with Crippen molar-refractivity contribution >= 4 is 17.7 Å². The Balaban J connectivity index is 2.03. The summed E-state index contributed by atoms with van der Waals surface area (Å²) >= 11 is 0. The maximum Gasteiger partial charge on any atom is 0.318 e. The van der Waals surface area contributed by atoms with E-state index in [1.54, 1.807) is 0 Å². The normalized spacial score (nSPS) is 19.2. The molecule has 1 aliphatic rings. The minimum absolute atomic E-state index is 0.0260. The Morgan fingerprint density at radius 1 is 1.37 bits per heavy atom. The topological polar surface area (TPSA) is 96.0 Å². The molecular formula is C13H15N3O3. The van der Waals surface area contributed by atoms with Gasteiger partial charge in [-0.05, 0) is 12.0 Å². The average molecular weight is 261 g/mol. The number of carbonyl (C=O) groups is 2. The molecule has 1 aliphatic heterocycles. The molecule has 0 fully saturated rings. The van der Waals surface area contributed by atoms with E-state index in [9.17, 15) is 9.59 Å². The lowest BCUT2D eigenvalue weighted by molar-refractivity contribution is -0.146. The Hall–Kier alpha value is -2.21. The molecule has 0 saturated heterocycles. The zero-order valence-electron chi connectivity index (χ0n) is 10.3. The fourth-order valence-electron chi connectivity index (χ4n) is 1.93. The lowest BCUT2D eigenvalue weighted by atomic mass is 10.1. The molecule has 0 spiro atoms. The minimum Gasteiger partial charge on any atom is -0.481 e. The maximum atomic E-state index is 11.6. The molecule has 19 heavy (non-hydrogen) atoms. The molecule has 2 rings (SSSR count). The van der Waals surface area contributed by atoms with Crippen molar-refractivity contribution in [3.05, 3.63) is 35.9 Å². The number of nitrogens with two attached hydrogens (primary N) is 1. The van der Waals surface area contributed by atoms with Gasteiger partial charge in [-0.2, -0.15) is 4.99 Å². The lowest BCUT2D eigenvalue weighted by Gasteiger charge is -2.27. The summed E-state index contributed by atoms with van der Waals surface area (Å²) in [5, 5.41) is 10.1. The van der Waals surface area contributed by atoms with Gasteiger partial charge in [-0.15, -0.1) is 0 Å². The van der Waals surface area contributed by atoms with Crippen molar-refractivity contribution < 1.29 is 14.7 Å². The summed E-state index contributed by atoms with van der Waals surface area (Å²) in [5.41, 5.74) is 1.12. The number of amidine groups is 1. The first-order valence-electron chi connectivity index (χ1n) is 5.98. The Morgan fingerprint density at radius 2 is 2.05 bits per heavy atom. The van der Waals surface area contributed by atoms with Crippen molar-refractivity contribution in [2.24, 2.45) is 16.8 Å². The number of benzene rings is 1. The quantitative estimate of drug-likeness (QED) is 0.605. The fourth-order valence-corrected chi connectivity index (χ4v) is 1.93. The second kappa shape index (κ2) is 5.62. The van der Waals surface area contributed by atoms with Gasteiger partial charge in [0.2, 0.25) is 0 Å². The first-order valence-corrected chi connectivity index (χ1v) is 5.98. The van der Waals surface area contributed by atoms with E-state index in [4.69, 9.17) is 10.9 Å². The van der Waals surface area contributed by atoms with Crippen molar-refractivity contribution in [1.82, 2.24) is 5.01 Å². The summed E-state index contributed by atoms with van der Waals surface area (Å²) in [6.07, 6.45) is 1.22. The van der Waals surface area contributed by atoms with E-state index in [-0.39, 0.29) is 6.54 Å². The van der Waals surface area contributed by atoms with Crippen molar-refractivity contribution in [3.8, 4) is 0 Å². The number of rotatable bonds is 4. The van der Waals surface area contributed by atoms with Crippen LogP contribution < -0.4 is 5.84 Å². The van der Waals surface area contributed by atoms with Gasteiger partial charge in [0, 0.05) is 6.42 Å². The Labute approximate surface area is 110 Å². The third-order valence-corrected chi connectivity index (χ3v) is 3.03. The van der Waals surface area contributed by atoms with E-state index in [0.717, 1.165) is 5.56 Å². The largest absolute Gasteiger partial charge is 0.481 e. The molecular weight excluding hydrogens is 246 g/mol. The Morgan fingerprint density at radius 3 is 2.68 bits per heavy atom. The highest BCUT2D eigenvalue weighted by molar-refractivity contribution is 6.05. The van der Waals surface area contributed by atoms with E-state index >= 15 is 0 Å². The Kier molecular flexibility index (Phi) is 3.91.